The Hall–Kier alpha value is -0.440. The van der Waals surface area contributed by atoms with Gasteiger partial charge in [0.2, 0.25) is 0 Å². The van der Waals surface area contributed by atoms with Crippen molar-refractivity contribution in [3.05, 3.63) is 6.92 Å². The van der Waals surface area contributed by atoms with Gasteiger partial charge in [0.15, 0.2) is 0 Å². The first-order valence-electron chi connectivity index (χ1n) is 4.77. The van der Waals surface area contributed by atoms with Crippen molar-refractivity contribution in [3.8, 4) is 12.3 Å². The molecule has 69 valence electrons. The zero-order chi connectivity index (χ0) is 9.61. The van der Waals surface area contributed by atoms with Gasteiger partial charge >= 0.3 is 0 Å². The first kappa shape index (κ1) is 11.6. The van der Waals surface area contributed by atoms with E-state index in [1.165, 1.54) is 12.8 Å². The Labute approximate surface area is 77.8 Å². The number of unbranched alkanes of at least 4 members (excludes halogenated alkanes) is 2. The molecule has 12 heavy (non-hydrogen) atoms. The molecule has 0 aliphatic heterocycles. The van der Waals surface area contributed by atoms with Crippen molar-refractivity contribution in [3.63, 3.8) is 0 Å². The summed E-state index contributed by atoms with van der Waals surface area (Å²) in [7, 11) is 0. The van der Waals surface area contributed by atoms with E-state index in [-0.39, 0.29) is 0 Å². The molecule has 0 aromatic rings. The molecule has 0 aromatic carbocycles. The van der Waals surface area contributed by atoms with Gasteiger partial charge in [-0.3, -0.25) is 0 Å². The minimum Gasteiger partial charge on any atom is -0.120 e. The van der Waals surface area contributed by atoms with Gasteiger partial charge < -0.3 is 0 Å². The van der Waals surface area contributed by atoms with Crippen LogP contribution in [0.5, 0.6) is 0 Å². The standard InChI is InChI=1S/C12H21/c1-6-7-8-9-10-12(4,5)11(2)3/h1,11H,2,7-10H2,3-5H3. The molecule has 0 nitrogen and oxygen atoms in total. The van der Waals surface area contributed by atoms with E-state index in [0.717, 1.165) is 12.8 Å². The molecule has 0 spiro atoms. The molecule has 1 unspecified atom stereocenters. The van der Waals surface area contributed by atoms with Gasteiger partial charge in [-0.25, -0.2) is 0 Å². The zero-order valence-electron chi connectivity index (χ0n) is 8.69. The van der Waals surface area contributed by atoms with E-state index in [0.29, 0.717) is 11.3 Å². The van der Waals surface area contributed by atoms with Crippen LogP contribution in [-0.4, -0.2) is 0 Å². The molecule has 0 aliphatic carbocycles. The molecule has 0 N–H and O–H groups in total. The lowest BCUT2D eigenvalue weighted by atomic mass is 9.77. The quantitative estimate of drug-likeness (QED) is 0.430. The van der Waals surface area contributed by atoms with Crippen LogP contribution in [0.2, 0.25) is 0 Å². The highest BCUT2D eigenvalue weighted by Crippen LogP contribution is 2.31. The summed E-state index contributed by atoms with van der Waals surface area (Å²) < 4.78 is 0. The van der Waals surface area contributed by atoms with Crippen molar-refractivity contribution in [2.75, 3.05) is 0 Å². The maximum atomic E-state index is 5.18. The molecule has 1 atom stereocenters. The van der Waals surface area contributed by atoms with Crippen molar-refractivity contribution in [2.24, 2.45) is 11.3 Å². The third-order valence-electron chi connectivity index (χ3n) is 2.73. The van der Waals surface area contributed by atoms with E-state index in [4.69, 9.17) is 6.42 Å². The molecule has 0 bridgehead atoms. The van der Waals surface area contributed by atoms with E-state index in [1.54, 1.807) is 0 Å². The lowest BCUT2D eigenvalue weighted by molar-refractivity contribution is 0.244. The molecular formula is C12H21. The maximum absolute atomic E-state index is 5.18. The Balaban J connectivity index is 3.56. The van der Waals surface area contributed by atoms with Gasteiger partial charge in [-0.05, 0) is 31.1 Å². The summed E-state index contributed by atoms with van der Waals surface area (Å²) in [6, 6.07) is 0. The summed E-state index contributed by atoms with van der Waals surface area (Å²) in [6.45, 7) is 10.8. The summed E-state index contributed by atoms with van der Waals surface area (Å²) in [5.74, 6) is 3.18. The normalized spacial score (nSPS) is 11.7. The van der Waals surface area contributed by atoms with Crippen molar-refractivity contribution in [1.29, 1.82) is 0 Å². The smallest absolute Gasteiger partial charge is 0.00860 e. The van der Waals surface area contributed by atoms with Gasteiger partial charge in [0.05, 0.1) is 0 Å². The van der Waals surface area contributed by atoms with Crippen molar-refractivity contribution >= 4 is 0 Å². The number of rotatable bonds is 5. The average Bonchev–Trinajstić information content (AvgIpc) is 1.98. The summed E-state index contributed by atoms with van der Waals surface area (Å²) in [6.07, 6.45) is 9.72. The SMILES string of the molecule is C#CCCCCC(C)(C)C([CH2])C. The Morgan fingerprint density at radius 2 is 2.00 bits per heavy atom. The number of hydrogen-bond acceptors (Lipinski definition) is 0. The highest BCUT2D eigenvalue weighted by molar-refractivity contribution is 4.83. The number of hydrogen-bond donors (Lipinski definition) is 0. The second-order valence-corrected chi connectivity index (χ2v) is 4.30. The fraction of sp³-hybridized carbons (Fsp3) is 0.750. The monoisotopic (exact) mass is 165 g/mol. The molecule has 0 amide bonds. The molecular weight excluding hydrogens is 144 g/mol. The lowest BCUT2D eigenvalue weighted by Crippen LogP contribution is -2.18. The van der Waals surface area contributed by atoms with Crippen LogP contribution in [0, 0.1) is 30.6 Å². The van der Waals surface area contributed by atoms with Crippen LogP contribution in [0.25, 0.3) is 0 Å². The number of terminal acetylenes is 1. The van der Waals surface area contributed by atoms with E-state index < -0.39 is 0 Å². The van der Waals surface area contributed by atoms with Crippen LogP contribution >= 0.6 is 0 Å². The van der Waals surface area contributed by atoms with Crippen molar-refractivity contribution < 1.29 is 0 Å². The first-order valence-corrected chi connectivity index (χ1v) is 4.77. The Bertz CT molecular complexity index is 146. The van der Waals surface area contributed by atoms with E-state index in [1.807, 2.05) is 0 Å². The fourth-order valence-electron chi connectivity index (χ4n) is 1.05. The second kappa shape index (κ2) is 5.25. The Morgan fingerprint density at radius 1 is 1.42 bits per heavy atom. The highest BCUT2D eigenvalue weighted by Gasteiger charge is 2.21. The van der Waals surface area contributed by atoms with E-state index in [9.17, 15) is 0 Å². The van der Waals surface area contributed by atoms with Gasteiger partial charge in [-0.1, -0.05) is 27.2 Å². The third-order valence-corrected chi connectivity index (χ3v) is 2.73. The largest absolute Gasteiger partial charge is 0.120 e. The van der Waals surface area contributed by atoms with Crippen LogP contribution in [-0.2, 0) is 0 Å². The summed E-state index contributed by atoms with van der Waals surface area (Å²) in [4.78, 5) is 0. The first-order chi connectivity index (χ1) is 5.50. The minimum absolute atomic E-state index is 0.370. The molecule has 0 saturated heterocycles. The predicted molar refractivity (Wildman–Crippen MR) is 55.6 cm³/mol. The molecule has 0 heterocycles. The van der Waals surface area contributed by atoms with E-state index >= 15 is 0 Å². The van der Waals surface area contributed by atoms with Crippen LogP contribution in [0.4, 0.5) is 0 Å². The molecule has 0 fully saturated rings. The minimum atomic E-state index is 0.370. The third kappa shape index (κ3) is 4.44. The Morgan fingerprint density at radius 3 is 2.42 bits per heavy atom. The topological polar surface area (TPSA) is 0 Å². The Kier molecular flexibility index (Phi) is 5.06. The molecule has 1 radical (unpaired) electrons. The molecule has 0 rings (SSSR count). The van der Waals surface area contributed by atoms with Crippen LogP contribution in [0.15, 0.2) is 0 Å². The van der Waals surface area contributed by atoms with Crippen molar-refractivity contribution in [2.45, 2.75) is 46.5 Å². The summed E-state index contributed by atoms with van der Waals surface area (Å²) in [5, 5.41) is 0. The van der Waals surface area contributed by atoms with Gasteiger partial charge in [0.1, 0.15) is 0 Å². The molecule has 0 aromatic heterocycles. The van der Waals surface area contributed by atoms with Gasteiger partial charge in [0.25, 0.3) is 0 Å². The van der Waals surface area contributed by atoms with Gasteiger partial charge in [0, 0.05) is 6.42 Å². The predicted octanol–water partition coefficient (Wildman–Crippen LogP) is 3.68. The highest BCUT2D eigenvalue weighted by atomic mass is 14.3. The van der Waals surface area contributed by atoms with Crippen molar-refractivity contribution in [1.82, 2.24) is 0 Å². The van der Waals surface area contributed by atoms with Crippen LogP contribution in [0.1, 0.15) is 46.5 Å². The van der Waals surface area contributed by atoms with E-state index in [2.05, 4.69) is 33.6 Å². The maximum Gasteiger partial charge on any atom is 0.00860 e. The van der Waals surface area contributed by atoms with Gasteiger partial charge in [-0.15, -0.1) is 12.3 Å². The summed E-state index contributed by atoms with van der Waals surface area (Å²) >= 11 is 0. The zero-order valence-corrected chi connectivity index (χ0v) is 8.69. The second-order valence-electron chi connectivity index (χ2n) is 4.30. The lowest BCUT2D eigenvalue weighted by Gasteiger charge is -2.28. The molecule has 0 aliphatic rings. The molecule has 0 saturated carbocycles. The average molecular weight is 165 g/mol. The fourth-order valence-corrected chi connectivity index (χ4v) is 1.05. The van der Waals surface area contributed by atoms with Crippen LogP contribution in [0.3, 0.4) is 0 Å². The van der Waals surface area contributed by atoms with Crippen LogP contribution < -0.4 is 0 Å². The molecule has 0 heteroatoms. The summed E-state index contributed by atoms with van der Waals surface area (Å²) in [5.41, 5.74) is 0.370. The van der Waals surface area contributed by atoms with Gasteiger partial charge in [-0.2, -0.15) is 0 Å².